The predicted molar refractivity (Wildman–Crippen MR) is 82.9 cm³/mol. The van der Waals surface area contributed by atoms with Crippen molar-refractivity contribution in [2.24, 2.45) is 0 Å². The van der Waals surface area contributed by atoms with Crippen molar-refractivity contribution in [3.63, 3.8) is 0 Å². The molecule has 0 saturated heterocycles. The van der Waals surface area contributed by atoms with Crippen LogP contribution < -0.4 is 9.47 Å². The van der Waals surface area contributed by atoms with E-state index in [1.165, 1.54) is 22.4 Å². The Bertz CT molecular complexity index is 758. The van der Waals surface area contributed by atoms with Crippen LogP contribution >= 0.6 is 11.3 Å². The Morgan fingerprint density at radius 1 is 1.35 bits per heavy atom. The molecule has 1 aliphatic heterocycles. The van der Waals surface area contributed by atoms with Crippen LogP contribution in [0.15, 0.2) is 24.4 Å². The van der Waals surface area contributed by atoms with E-state index in [1.807, 2.05) is 12.1 Å². The van der Waals surface area contributed by atoms with E-state index in [1.54, 1.807) is 13.1 Å². The van der Waals surface area contributed by atoms with Crippen LogP contribution in [0.1, 0.15) is 16.1 Å². The molecule has 3 rings (SSSR count). The minimum atomic E-state index is -0.935. The number of carboxylic acid groups (broad SMARTS) is 1. The predicted octanol–water partition coefficient (Wildman–Crippen LogP) is 2.09. The highest BCUT2D eigenvalue weighted by Gasteiger charge is 2.19. The number of aliphatic carboxylic acids is 1. The van der Waals surface area contributed by atoms with E-state index in [4.69, 9.17) is 14.6 Å². The maximum Gasteiger partial charge on any atom is 0.305 e. The molecular formula is C15H14N2O5S. The van der Waals surface area contributed by atoms with Crippen LogP contribution in [-0.2, 0) is 4.79 Å². The van der Waals surface area contributed by atoms with Crippen molar-refractivity contribution in [3.05, 3.63) is 29.3 Å². The molecular weight excluding hydrogens is 320 g/mol. The molecule has 0 unspecified atom stereocenters. The molecule has 0 bridgehead atoms. The standard InChI is InChI=1S/C15H14N2O5S/c1-17(5-4-13(18)19)15(20)12-7-16-14(23-12)9-2-3-10-11(6-9)22-8-21-10/h2-3,6-7H,4-5,8H2,1H3,(H,18,19). The Balaban J connectivity index is 1.75. The van der Waals surface area contributed by atoms with E-state index in [-0.39, 0.29) is 25.7 Å². The molecule has 120 valence electrons. The van der Waals surface area contributed by atoms with Gasteiger partial charge < -0.3 is 19.5 Å². The fourth-order valence-corrected chi connectivity index (χ4v) is 3.00. The van der Waals surface area contributed by atoms with Gasteiger partial charge in [0.1, 0.15) is 9.88 Å². The van der Waals surface area contributed by atoms with Gasteiger partial charge in [-0.25, -0.2) is 4.98 Å². The molecule has 0 radical (unpaired) electrons. The highest BCUT2D eigenvalue weighted by atomic mass is 32.1. The molecule has 0 atom stereocenters. The normalized spacial score (nSPS) is 12.2. The zero-order valence-electron chi connectivity index (χ0n) is 12.3. The third kappa shape index (κ3) is 3.26. The van der Waals surface area contributed by atoms with Gasteiger partial charge in [-0.1, -0.05) is 0 Å². The molecule has 0 saturated carbocycles. The van der Waals surface area contributed by atoms with Gasteiger partial charge in [0, 0.05) is 19.2 Å². The number of carboxylic acids is 1. The number of ether oxygens (including phenoxy) is 2. The van der Waals surface area contributed by atoms with Gasteiger partial charge >= 0.3 is 5.97 Å². The van der Waals surface area contributed by atoms with Crippen molar-refractivity contribution in [3.8, 4) is 22.1 Å². The molecule has 0 fully saturated rings. The molecule has 7 nitrogen and oxygen atoms in total. The summed E-state index contributed by atoms with van der Waals surface area (Å²) in [7, 11) is 1.57. The first-order valence-electron chi connectivity index (χ1n) is 6.87. The molecule has 1 amide bonds. The SMILES string of the molecule is CN(CCC(=O)O)C(=O)c1cnc(-c2ccc3c(c2)OCO3)s1. The van der Waals surface area contributed by atoms with Gasteiger partial charge in [0.15, 0.2) is 11.5 Å². The molecule has 2 aromatic rings. The monoisotopic (exact) mass is 334 g/mol. The lowest BCUT2D eigenvalue weighted by molar-refractivity contribution is -0.137. The lowest BCUT2D eigenvalue weighted by Crippen LogP contribution is -2.28. The number of amides is 1. The summed E-state index contributed by atoms with van der Waals surface area (Å²) in [5, 5.41) is 9.37. The smallest absolute Gasteiger partial charge is 0.305 e. The van der Waals surface area contributed by atoms with E-state index < -0.39 is 5.97 Å². The summed E-state index contributed by atoms with van der Waals surface area (Å²) in [4.78, 5) is 28.9. The van der Waals surface area contributed by atoms with Gasteiger partial charge in [0.2, 0.25) is 6.79 Å². The summed E-state index contributed by atoms with van der Waals surface area (Å²) in [5.41, 5.74) is 0.839. The first kappa shape index (κ1) is 15.3. The van der Waals surface area contributed by atoms with Crippen LogP contribution in [0, 0.1) is 0 Å². The molecule has 0 aliphatic carbocycles. The first-order chi connectivity index (χ1) is 11.0. The van der Waals surface area contributed by atoms with E-state index in [2.05, 4.69) is 4.98 Å². The van der Waals surface area contributed by atoms with E-state index in [0.29, 0.717) is 21.4 Å². The molecule has 1 aromatic carbocycles. The summed E-state index contributed by atoms with van der Waals surface area (Å²) in [6.07, 6.45) is 1.42. The number of carbonyl (C=O) groups excluding carboxylic acids is 1. The minimum Gasteiger partial charge on any atom is -0.481 e. The lowest BCUT2D eigenvalue weighted by Gasteiger charge is -2.14. The average Bonchev–Trinajstić information content (AvgIpc) is 3.19. The summed E-state index contributed by atoms with van der Waals surface area (Å²) < 4.78 is 10.6. The Labute approximate surface area is 136 Å². The molecule has 2 heterocycles. The number of nitrogens with zero attached hydrogens (tertiary/aromatic N) is 2. The zero-order valence-corrected chi connectivity index (χ0v) is 13.1. The van der Waals surface area contributed by atoms with Gasteiger partial charge in [0.25, 0.3) is 5.91 Å². The van der Waals surface area contributed by atoms with Gasteiger partial charge in [-0.15, -0.1) is 11.3 Å². The Kier molecular flexibility index (Phi) is 4.16. The average molecular weight is 334 g/mol. The third-order valence-corrected chi connectivity index (χ3v) is 4.38. The van der Waals surface area contributed by atoms with Crippen LogP contribution in [0.3, 0.4) is 0 Å². The summed E-state index contributed by atoms with van der Waals surface area (Å²) in [6, 6.07) is 5.48. The lowest BCUT2D eigenvalue weighted by atomic mass is 10.2. The van der Waals surface area contributed by atoms with Crippen LogP contribution in [0.25, 0.3) is 10.6 Å². The van der Waals surface area contributed by atoms with Crippen molar-refractivity contribution >= 4 is 23.2 Å². The van der Waals surface area contributed by atoms with Crippen molar-refractivity contribution in [1.82, 2.24) is 9.88 Å². The van der Waals surface area contributed by atoms with E-state index >= 15 is 0 Å². The molecule has 1 aliphatic rings. The first-order valence-corrected chi connectivity index (χ1v) is 7.69. The molecule has 0 spiro atoms. The molecule has 8 heteroatoms. The Hall–Kier alpha value is -2.61. The highest BCUT2D eigenvalue weighted by Crippen LogP contribution is 2.37. The molecule has 23 heavy (non-hydrogen) atoms. The largest absolute Gasteiger partial charge is 0.481 e. The number of carbonyl (C=O) groups is 2. The second kappa shape index (κ2) is 6.25. The Morgan fingerprint density at radius 3 is 2.91 bits per heavy atom. The van der Waals surface area contributed by atoms with Crippen molar-refractivity contribution in [2.75, 3.05) is 20.4 Å². The fraction of sp³-hybridized carbons (Fsp3) is 0.267. The summed E-state index contributed by atoms with van der Waals surface area (Å²) >= 11 is 1.26. The van der Waals surface area contributed by atoms with E-state index in [0.717, 1.165) is 5.56 Å². The number of hydrogen-bond donors (Lipinski definition) is 1. The highest BCUT2D eigenvalue weighted by molar-refractivity contribution is 7.16. The number of thiazole rings is 1. The van der Waals surface area contributed by atoms with Crippen LogP contribution in [0.2, 0.25) is 0 Å². The molecule has 1 N–H and O–H groups in total. The maximum atomic E-state index is 12.2. The number of rotatable bonds is 5. The van der Waals surface area contributed by atoms with Crippen LogP contribution in [0.4, 0.5) is 0 Å². The van der Waals surface area contributed by atoms with Crippen molar-refractivity contribution in [1.29, 1.82) is 0 Å². The third-order valence-electron chi connectivity index (χ3n) is 3.34. The minimum absolute atomic E-state index is 0.0872. The summed E-state index contributed by atoms with van der Waals surface area (Å²) in [6.45, 7) is 0.361. The topological polar surface area (TPSA) is 89.0 Å². The van der Waals surface area contributed by atoms with Crippen molar-refractivity contribution in [2.45, 2.75) is 6.42 Å². The van der Waals surface area contributed by atoms with Crippen LogP contribution in [0.5, 0.6) is 11.5 Å². The van der Waals surface area contributed by atoms with Gasteiger partial charge in [0.05, 0.1) is 12.6 Å². The number of aromatic nitrogens is 1. The number of benzene rings is 1. The zero-order chi connectivity index (χ0) is 16.4. The number of hydrogen-bond acceptors (Lipinski definition) is 6. The van der Waals surface area contributed by atoms with Gasteiger partial charge in [-0.3, -0.25) is 9.59 Å². The molecule has 1 aromatic heterocycles. The van der Waals surface area contributed by atoms with E-state index in [9.17, 15) is 9.59 Å². The fourth-order valence-electron chi connectivity index (χ4n) is 2.09. The second-order valence-electron chi connectivity index (χ2n) is 4.97. The number of fused-ring (bicyclic) bond motifs is 1. The maximum absolute atomic E-state index is 12.2. The van der Waals surface area contributed by atoms with Crippen LogP contribution in [-0.4, -0.2) is 47.3 Å². The van der Waals surface area contributed by atoms with Gasteiger partial charge in [-0.2, -0.15) is 0 Å². The van der Waals surface area contributed by atoms with Gasteiger partial charge in [-0.05, 0) is 18.2 Å². The van der Waals surface area contributed by atoms with Crippen molar-refractivity contribution < 1.29 is 24.2 Å². The Morgan fingerprint density at radius 2 is 2.13 bits per heavy atom. The quantitative estimate of drug-likeness (QED) is 0.900. The summed E-state index contributed by atoms with van der Waals surface area (Å²) in [5.74, 6) is 0.171. The second-order valence-corrected chi connectivity index (χ2v) is 6.00.